The first-order valence-electron chi connectivity index (χ1n) is 8.17. The summed E-state index contributed by atoms with van der Waals surface area (Å²) in [6, 6.07) is 8.48. The van der Waals surface area contributed by atoms with Crippen LogP contribution in [0.4, 0.5) is 0 Å². The lowest BCUT2D eigenvalue weighted by Crippen LogP contribution is -2.46. The van der Waals surface area contributed by atoms with Crippen molar-refractivity contribution in [1.29, 1.82) is 0 Å². The second kappa shape index (κ2) is 7.81. The molecule has 0 aliphatic carbocycles. The summed E-state index contributed by atoms with van der Waals surface area (Å²) in [7, 11) is 1.71. The van der Waals surface area contributed by atoms with E-state index in [2.05, 4.69) is 43.4 Å². The third kappa shape index (κ3) is 3.78. The summed E-state index contributed by atoms with van der Waals surface area (Å²) in [6.45, 7) is 6.93. The van der Waals surface area contributed by atoms with E-state index in [9.17, 15) is 0 Å². The largest absolute Gasteiger partial charge is 0.491 e. The predicted octanol–water partition coefficient (Wildman–Crippen LogP) is 3.73. The van der Waals surface area contributed by atoms with Crippen molar-refractivity contribution in [1.82, 2.24) is 5.32 Å². The third-order valence-corrected chi connectivity index (χ3v) is 4.59. The van der Waals surface area contributed by atoms with Crippen LogP contribution in [0, 0.1) is 5.92 Å². The molecule has 3 nitrogen and oxygen atoms in total. The number of nitrogens with one attached hydrogen (secondary N) is 1. The van der Waals surface area contributed by atoms with Gasteiger partial charge in [0.1, 0.15) is 12.4 Å². The van der Waals surface area contributed by atoms with Gasteiger partial charge in [-0.05, 0) is 31.4 Å². The van der Waals surface area contributed by atoms with Crippen LogP contribution in [0.5, 0.6) is 5.75 Å². The second-order valence-electron chi connectivity index (χ2n) is 6.20. The fourth-order valence-corrected chi connectivity index (χ4v) is 3.34. The summed E-state index contributed by atoms with van der Waals surface area (Å²) < 4.78 is 11.1. The zero-order valence-electron chi connectivity index (χ0n) is 13.7. The molecule has 0 aromatic heterocycles. The molecule has 1 fully saturated rings. The van der Waals surface area contributed by atoms with Gasteiger partial charge in [-0.15, -0.1) is 0 Å². The summed E-state index contributed by atoms with van der Waals surface area (Å²) >= 11 is 0. The lowest BCUT2D eigenvalue weighted by Gasteiger charge is -2.39. The number of para-hydroxylation sites is 1. The summed E-state index contributed by atoms with van der Waals surface area (Å²) in [6.07, 6.45) is 5.03. The molecule has 0 radical (unpaired) electrons. The van der Waals surface area contributed by atoms with Crippen molar-refractivity contribution < 1.29 is 9.47 Å². The first-order valence-corrected chi connectivity index (χ1v) is 8.17. The Bertz CT molecular complexity index is 423. The number of hydrogen-bond acceptors (Lipinski definition) is 3. The molecule has 1 aliphatic heterocycles. The molecule has 1 atom stereocenters. The standard InChI is InChI=1S/C18H29NO2/c1-15(2)18(11-7-4-8-12-19-18)16-9-5-6-10-17(16)21-14-13-20-3/h5-6,9-10,15,19H,4,7-8,11-14H2,1-3H3. The van der Waals surface area contributed by atoms with Crippen molar-refractivity contribution in [3.05, 3.63) is 29.8 Å². The van der Waals surface area contributed by atoms with Crippen LogP contribution in [-0.4, -0.2) is 26.9 Å². The third-order valence-electron chi connectivity index (χ3n) is 4.59. The van der Waals surface area contributed by atoms with Crippen LogP contribution in [-0.2, 0) is 10.3 Å². The van der Waals surface area contributed by atoms with Crippen LogP contribution in [0.1, 0.15) is 45.1 Å². The quantitative estimate of drug-likeness (QED) is 0.810. The predicted molar refractivity (Wildman–Crippen MR) is 86.8 cm³/mol. The monoisotopic (exact) mass is 291 g/mol. The molecule has 0 amide bonds. The van der Waals surface area contributed by atoms with Gasteiger partial charge in [0, 0.05) is 18.2 Å². The van der Waals surface area contributed by atoms with Gasteiger partial charge < -0.3 is 14.8 Å². The zero-order valence-corrected chi connectivity index (χ0v) is 13.7. The highest BCUT2D eigenvalue weighted by Gasteiger charge is 2.37. The molecule has 2 rings (SSSR count). The lowest BCUT2D eigenvalue weighted by atomic mass is 9.76. The number of ether oxygens (including phenoxy) is 2. The zero-order chi connectivity index (χ0) is 15.1. The molecule has 1 aliphatic rings. The highest BCUT2D eigenvalue weighted by atomic mass is 16.5. The summed E-state index contributed by atoms with van der Waals surface area (Å²) in [5, 5.41) is 3.83. The maximum atomic E-state index is 5.98. The van der Waals surface area contributed by atoms with Gasteiger partial charge >= 0.3 is 0 Å². The molecule has 118 valence electrons. The van der Waals surface area contributed by atoms with Crippen molar-refractivity contribution in [2.75, 3.05) is 26.9 Å². The Kier molecular flexibility index (Phi) is 6.07. The minimum absolute atomic E-state index is 0.0279. The second-order valence-corrected chi connectivity index (χ2v) is 6.20. The smallest absolute Gasteiger partial charge is 0.124 e. The van der Waals surface area contributed by atoms with E-state index < -0.39 is 0 Å². The fraction of sp³-hybridized carbons (Fsp3) is 0.667. The van der Waals surface area contributed by atoms with Crippen molar-refractivity contribution in [3.63, 3.8) is 0 Å². The minimum atomic E-state index is 0.0279. The lowest BCUT2D eigenvalue weighted by molar-refractivity contribution is 0.141. The number of methoxy groups -OCH3 is 1. The Morgan fingerprint density at radius 1 is 1.14 bits per heavy atom. The van der Waals surface area contributed by atoms with E-state index in [-0.39, 0.29) is 5.54 Å². The van der Waals surface area contributed by atoms with Gasteiger partial charge in [-0.2, -0.15) is 0 Å². The van der Waals surface area contributed by atoms with Crippen LogP contribution in [0.15, 0.2) is 24.3 Å². The maximum absolute atomic E-state index is 5.98. The van der Waals surface area contributed by atoms with Gasteiger partial charge in [0.05, 0.1) is 6.61 Å². The Balaban J connectivity index is 2.31. The molecule has 1 aromatic rings. The van der Waals surface area contributed by atoms with Gasteiger partial charge in [0.25, 0.3) is 0 Å². The number of rotatable bonds is 6. The van der Waals surface area contributed by atoms with Crippen molar-refractivity contribution in [2.45, 2.75) is 45.1 Å². The molecule has 1 N–H and O–H groups in total. The highest BCUT2D eigenvalue weighted by Crippen LogP contribution is 2.41. The van der Waals surface area contributed by atoms with Crippen LogP contribution >= 0.6 is 0 Å². The first-order chi connectivity index (χ1) is 10.2. The Morgan fingerprint density at radius 3 is 2.71 bits per heavy atom. The molecule has 0 saturated carbocycles. The van der Waals surface area contributed by atoms with Gasteiger partial charge in [-0.1, -0.05) is 44.9 Å². The van der Waals surface area contributed by atoms with Crippen molar-refractivity contribution in [3.8, 4) is 5.75 Å². The average Bonchev–Trinajstić information content (AvgIpc) is 2.75. The molecule has 3 heteroatoms. The van der Waals surface area contributed by atoms with E-state index in [4.69, 9.17) is 9.47 Å². The van der Waals surface area contributed by atoms with Crippen LogP contribution < -0.4 is 10.1 Å². The van der Waals surface area contributed by atoms with Gasteiger partial charge in [-0.3, -0.25) is 0 Å². The average molecular weight is 291 g/mol. The summed E-state index contributed by atoms with van der Waals surface area (Å²) in [5.74, 6) is 1.53. The molecule has 1 unspecified atom stereocenters. The Labute approximate surface area is 129 Å². The van der Waals surface area contributed by atoms with E-state index in [1.165, 1.54) is 31.2 Å². The van der Waals surface area contributed by atoms with E-state index in [1.807, 2.05) is 0 Å². The normalized spacial score (nSPS) is 23.0. The summed E-state index contributed by atoms with van der Waals surface area (Å²) in [4.78, 5) is 0. The molecule has 1 saturated heterocycles. The van der Waals surface area contributed by atoms with E-state index in [1.54, 1.807) is 7.11 Å². The molecule has 21 heavy (non-hydrogen) atoms. The number of benzene rings is 1. The van der Waals surface area contributed by atoms with Crippen molar-refractivity contribution in [2.24, 2.45) is 5.92 Å². The summed E-state index contributed by atoms with van der Waals surface area (Å²) in [5.41, 5.74) is 1.33. The topological polar surface area (TPSA) is 30.5 Å². The maximum Gasteiger partial charge on any atom is 0.124 e. The molecule has 0 spiro atoms. The Morgan fingerprint density at radius 2 is 1.95 bits per heavy atom. The molecular formula is C18H29NO2. The molecule has 1 aromatic carbocycles. The van der Waals surface area contributed by atoms with Crippen LogP contribution in [0.2, 0.25) is 0 Å². The Hall–Kier alpha value is -1.06. The van der Waals surface area contributed by atoms with E-state index in [0.29, 0.717) is 19.1 Å². The van der Waals surface area contributed by atoms with E-state index >= 15 is 0 Å². The number of hydrogen-bond donors (Lipinski definition) is 1. The highest BCUT2D eigenvalue weighted by molar-refractivity contribution is 5.40. The minimum Gasteiger partial charge on any atom is -0.491 e. The molecule has 0 bridgehead atoms. The van der Waals surface area contributed by atoms with Gasteiger partial charge in [0.15, 0.2) is 0 Å². The molecular weight excluding hydrogens is 262 g/mol. The first kappa shape index (κ1) is 16.3. The van der Waals surface area contributed by atoms with Crippen LogP contribution in [0.25, 0.3) is 0 Å². The SMILES string of the molecule is COCCOc1ccccc1C1(C(C)C)CCCCCN1. The fourth-order valence-electron chi connectivity index (χ4n) is 3.34. The molecule has 1 heterocycles. The van der Waals surface area contributed by atoms with E-state index in [0.717, 1.165) is 12.3 Å². The van der Waals surface area contributed by atoms with Crippen molar-refractivity contribution >= 4 is 0 Å². The van der Waals surface area contributed by atoms with Gasteiger partial charge in [-0.25, -0.2) is 0 Å². The van der Waals surface area contributed by atoms with Crippen LogP contribution in [0.3, 0.4) is 0 Å². The van der Waals surface area contributed by atoms with Gasteiger partial charge in [0.2, 0.25) is 0 Å².